The number of para-hydroxylation sites is 1. The highest BCUT2D eigenvalue weighted by atomic mass is 32.1. The van der Waals surface area contributed by atoms with Crippen LogP contribution in [0.2, 0.25) is 0 Å². The van der Waals surface area contributed by atoms with Crippen molar-refractivity contribution in [3.05, 3.63) is 70.5 Å². The van der Waals surface area contributed by atoms with Crippen molar-refractivity contribution in [3.8, 4) is 11.4 Å². The summed E-state index contributed by atoms with van der Waals surface area (Å²) in [6, 6.07) is 16.3. The fourth-order valence-corrected chi connectivity index (χ4v) is 3.84. The molecule has 0 bridgehead atoms. The first-order valence-electron chi connectivity index (χ1n) is 8.22. The highest BCUT2D eigenvalue weighted by Crippen LogP contribution is 2.25. The molecule has 5 heteroatoms. The Kier molecular flexibility index (Phi) is 4.01. The van der Waals surface area contributed by atoms with Crippen molar-refractivity contribution in [1.29, 1.82) is 0 Å². The molecule has 0 amide bonds. The van der Waals surface area contributed by atoms with Gasteiger partial charge in [0.2, 0.25) is 0 Å². The number of thiazole rings is 1. The first kappa shape index (κ1) is 15.8. The lowest BCUT2D eigenvalue weighted by Gasteiger charge is -2.11. The summed E-state index contributed by atoms with van der Waals surface area (Å²) in [5.41, 5.74) is 5.39. The second-order valence-electron chi connectivity index (χ2n) is 6.15. The van der Waals surface area contributed by atoms with Crippen LogP contribution < -0.4 is 4.74 Å². The van der Waals surface area contributed by atoms with Crippen LogP contribution in [-0.4, -0.2) is 14.8 Å². The lowest BCUT2D eigenvalue weighted by Crippen LogP contribution is -2.02. The predicted molar refractivity (Wildman–Crippen MR) is 102 cm³/mol. The van der Waals surface area contributed by atoms with Crippen LogP contribution in [0.5, 0.6) is 5.75 Å². The fraction of sp³-hybridized carbons (Fsp3) is 0.200. The molecule has 0 saturated carbocycles. The quantitative estimate of drug-likeness (QED) is 0.521. The summed E-state index contributed by atoms with van der Waals surface area (Å²) < 4.78 is 9.11. The number of aryl methyl sites for hydroxylation is 3. The topological polar surface area (TPSA) is 39.9 Å². The highest BCUT2D eigenvalue weighted by Gasteiger charge is 2.09. The Bertz CT molecular complexity index is 1020. The molecule has 4 nitrogen and oxygen atoms in total. The van der Waals surface area contributed by atoms with Crippen molar-refractivity contribution in [3.63, 3.8) is 0 Å². The zero-order valence-electron chi connectivity index (χ0n) is 14.5. The Labute approximate surface area is 150 Å². The highest BCUT2D eigenvalue weighted by molar-refractivity contribution is 7.18. The number of rotatable bonds is 4. The number of hydrogen-bond donors (Lipinski definition) is 0. The minimum Gasteiger partial charge on any atom is -0.486 e. The number of fused-ring (bicyclic) bond motifs is 1. The lowest BCUT2D eigenvalue weighted by molar-refractivity contribution is 0.305. The van der Waals surface area contributed by atoms with E-state index in [1.54, 1.807) is 11.3 Å². The number of aromatic nitrogens is 3. The Balaban J connectivity index is 1.53. The fourth-order valence-electron chi connectivity index (χ4n) is 2.95. The maximum Gasteiger partial charge on any atom is 0.140 e. The van der Waals surface area contributed by atoms with Gasteiger partial charge in [-0.25, -0.2) is 9.67 Å². The Morgan fingerprint density at radius 3 is 2.60 bits per heavy atom. The average molecular weight is 349 g/mol. The molecule has 0 radical (unpaired) electrons. The molecule has 2 aromatic carbocycles. The molecule has 2 heterocycles. The number of benzene rings is 2. The molecule has 126 valence electrons. The standard InChI is InChI=1S/C20H19N3OS/c1-13-10-16(8-9-18(13)23-15(3)11-14(2)22-23)24-12-20-21-17-6-4-5-7-19(17)25-20/h4-11H,12H2,1-3H3. The SMILES string of the molecule is Cc1cc(C)n(-c2ccc(OCc3nc4ccccc4s3)cc2C)n1. The van der Waals surface area contributed by atoms with Crippen LogP contribution in [0.15, 0.2) is 48.5 Å². The summed E-state index contributed by atoms with van der Waals surface area (Å²) in [6.07, 6.45) is 0. The van der Waals surface area contributed by atoms with E-state index in [4.69, 9.17) is 4.74 Å². The van der Waals surface area contributed by atoms with Gasteiger partial charge >= 0.3 is 0 Å². The molecule has 4 rings (SSSR count). The van der Waals surface area contributed by atoms with E-state index in [0.29, 0.717) is 6.61 Å². The zero-order chi connectivity index (χ0) is 17.4. The van der Waals surface area contributed by atoms with E-state index in [-0.39, 0.29) is 0 Å². The maximum absolute atomic E-state index is 5.95. The third kappa shape index (κ3) is 3.15. The number of nitrogens with zero attached hydrogens (tertiary/aromatic N) is 3. The first-order chi connectivity index (χ1) is 12.1. The van der Waals surface area contributed by atoms with Gasteiger partial charge in [-0.1, -0.05) is 12.1 Å². The van der Waals surface area contributed by atoms with E-state index in [1.165, 1.54) is 4.70 Å². The van der Waals surface area contributed by atoms with Crippen molar-refractivity contribution in [2.24, 2.45) is 0 Å². The molecular weight excluding hydrogens is 330 g/mol. The van der Waals surface area contributed by atoms with Gasteiger partial charge in [0.05, 0.1) is 21.6 Å². The Hall–Kier alpha value is -2.66. The van der Waals surface area contributed by atoms with Crippen LogP contribution in [0, 0.1) is 20.8 Å². The second kappa shape index (κ2) is 6.33. The van der Waals surface area contributed by atoms with Crippen LogP contribution in [0.4, 0.5) is 0 Å². The normalized spacial score (nSPS) is 11.2. The van der Waals surface area contributed by atoms with Gasteiger partial charge in [0.25, 0.3) is 0 Å². The number of hydrogen-bond acceptors (Lipinski definition) is 4. The summed E-state index contributed by atoms with van der Waals surface area (Å²) in [5, 5.41) is 5.54. The summed E-state index contributed by atoms with van der Waals surface area (Å²) in [5.74, 6) is 0.849. The van der Waals surface area contributed by atoms with Crippen LogP contribution >= 0.6 is 11.3 Å². The third-order valence-corrected chi connectivity index (χ3v) is 5.12. The molecule has 2 aromatic heterocycles. The smallest absolute Gasteiger partial charge is 0.140 e. The van der Waals surface area contributed by atoms with Crippen molar-refractivity contribution in [1.82, 2.24) is 14.8 Å². The molecule has 0 aliphatic carbocycles. The van der Waals surface area contributed by atoms with Gasteiger partial charge in [0.1, 0.15) is 17.4 Å². The molecule has 0 spiro atoms. The number of ether oxygens (including phenoxy) is 1. The van der Waals surface area contributed by atoms with Crippen LogP contribution in [0.25, 0.3) is 15.9 Å². The van der Waals surface area contributed by atoms with E-state index in [1.807, 2.05) is 35.9 Å². The Morgan fingerprint density at radius 1 is 1.04 bits per heavy atom. The lowest BCUT2D eigenvalue weighted by atomic mass is 10.2. The molecule has 4 aromatic rings. The van der Waals surface area contributed by atoms with Gasteiger partial charge in [0.15, 0.2) is 0 Å². The summed E-state index contributed by atoms with van der Waals surface area (Å²) in [6.45, 7) is 6.64. The van der Waals surface area contributed by atoms with Gasteiger partial charge < -0.3 is 4.74 Å². The van der Waals surface area contributed by atoms with Crippen LogP contribution in [-0.2, 0) is 6.61 Å². The molecule has 0 aliphatic heterocycles. The zero-order valence-corrected chi connectivity index (χ0v) is 15.3. The summed E-state index contributed by atoms with van der Waals surface area (Å²) in [7, 11) is 0. The molecule has 0 saturated heterocycles. The molecule has 0 aliphatic rings. The van der Waals surface area contributed by atoms with E-state index in [2.05, 4.69) is 48.2 Å². The van der Waals surface area contributed by atoms with E-state index < -0.39 is 0 Å². The van der Waals surface area contributed by atoms with E-state index >= 15 is 0 Å². The maximum atomic E-state index is 5.95. The minimum atomic E-state index is 0.484. The minimum absolute atomic E-state index is 0.484. The van der Waals surface area contributed by atoms with Gasteiger partial charge in [-0.15, -0.1) is 11.3 Å². The van der Waals surface area contributed by atoms with Crippen molar-refractivity contribution in [2.75, 3.05) is 0 Å². The van der Waals surface area contributed by atoms with Crippen LogP contribution in [0.3, 0.4) is 0 Å². The third-order valence-electron chi connectivity index (χ3n) is 4.11. The van der Waals surface area contributed by atoms with Gasteiger partial charge in [-0.2, -0.15) is 5.10 Å². The van der Waals surface area contributed by atoms with E-state index in [0.717, 1.165) is 38.9 Å². The molecule has 0 fully saturated rings. The van der Waals surface area contributed by atoms with Crippen molar-refractivity contribution in [2.45, 2.75) is 27.4 Å². The average Bonchev–Trinajstić information content (AvgIpc) is 3.15. The molecule has 0 unspecified atom stereocenters. The largest absolute Gasteiger partial charge is 0.486 e. The summed E-state index contributed by atoms with van der Waals surface area (Å²) in [4.78, 5) is 4.61. The molecular formula is C20H19N3OS. The monoisotopic (exact) mass is 349 g/mol. The van der Waals surface area contributed by atoms with Gasteiger partial charge in [-0.3, -0.25) is 0 Å². The van der Waals surface area contributed by atoms with Crippen molar-refractivity contribution < 1.29 is 4.74 Å². The van der Waals surface area contributed by atoms with Crippen molar-refractivity contribution >= 4 is 21.6 Å². The first-order valence-corrected chi connectivity index (χ1v) is 9.03. The van der Waals surface area contributed by atoms with Crippen LogP contribution in [0.1, 0.15) is 22.0 Å². The van der Waals surface area contributed by atoms with Gasteiger partial charge in [0, 0.05) is 5.69 Å². The summed E-state index contributed by atoms with van der Waals surface area (Å²) >= 11 is 1.68. The molecule has 0 N–H and O–H groups in total. The van der Waals surface area contributed by atoms with E-state index in [9.17, 15) is 0 Å². The van der Waals surface area contributed by atoms with Gasteiger partial charge in [-0.05, 0) is 62.7 Å². The molecule has 0 atom stereocenters. The predicted octanol–water partition coefficient (Wildman–Crippen LogP) is 4.99. The second-order valence-corrected chi connectivity index (χ2v) is 7.27. The molecule has 25 heavy (non-hydrogen) atoms. The Morgan fingerprint density at radius 2 is 1.88 bits per heavy atom.